The van der Waals surface area contributed by atoms with Crippen molar-refractivity contribution in [2.75, 3.05) is 100 Å². The molecular formula is C23H34N8O. The van der Waals surface area contributed by atoms with E-state index in [0.717, 1.165) is 103 Å². The van der Waals surface area contributed by atoms with Gasteiger partial charge in [0.2, 0.25) is 5.95 Å². The maximum absolute atomic E-state index is 5.57. The minimum atomic E-state index is 0.761. The van der Waals surface area contributed by atoms with Crippen LogP contribution in [-0.4, -0.2) is 110 Å². The second kappa shape index (κ2) is 9.97. The van der Waals surface area contributed by atoms with E-state index in [9.17, 15) is 0 Å². The topological polar surface area (TPSA) is 64.1 Å². The van der Waals surface area contributed by atoms with Crippen LogP contribution in [0, 0.1) is 0 Å². The first kappa shape index (κ1) is 21.4. The van der Waals surface area contributed by atoms with Crippen molar-refractivity contribution >= 4 is 17.6 Å². The maximum atomic E-state index is 5.57. The number of pyridine rings is 1. The molecule has 172 valence electrons. The van der Waals surface area contributed by atoms with E-state index in [4.69, 9.17) is 14.7 Å². The molecule has 9 heteroatoms. The Hall–Kier alpha value is -2.49. The van der Waals surface area contributed by atoms with Crippen LogP contribution in [0.4, 0.5) is 17.6 Å². The van der Waals surface area contributed by atoms with Crippen molar-refractivity contribution in [1.29, 1.82) is 0 Å². The Kier molecular flexibility index (Phi) is 6.66. The van der Waals surface area contributed by atoms with E-state index in [-0.39, 0.29) is 0 Å². The average Bonchev–Trinajstić information content (AvgIpc) is 2.86. The van der Waals surface area contributed by atoms with Gasteiger partial charge in [0.25, 0.3) is 0 Å². The molecule has 0 unspecified atom stereocenters. The van der Waals surface area contributed by atoms with Crippen molar-refractivity contribution < 1.29 is 4.74 Å². The second-order valence-electron chi connectivity index (χ2n) is 8.89. The van der Waals surface area contributed by atoms with Crippen LogP contribution in [0.2, 0.25) is 0 Å². The summed E-state index contributed by atoms with van der Waals surface area (Å²) < 4.78 is 5.57. The van der Waals surface area contributed by atoms with Crippen LogP contribution in [0.3, 0.4) is 0 Å². The molecule has 2 aromatic heterocycles. The van der Waals surface area contributed by atoms with Crippen molar-refractivity contribution in [2.24, 2.45) is 0 Å². The van der Waals surface area contributed by atoms with Gasteiger partial charge in [-0.05, 0) is 24.7 Å². The lowest BCUT2D eigenvalue weighted by atomic mass is 10.2. The van der Waals surface area contributed by atoms with Crippen LogP contribution in [0.1, 0.15) is 5.56 Å². The number of morpholine rings is 1. The minimum Gasteiger partial charge on any atom is -0.378 e. The molecule has 5 rings (SSSR count). The quantitative estimate of drug-likeness (QED) is 0.674. The van der Waals surface area contributed by atoms with E-state index in [2.05, 4.69) is 54.7 Å². The first-order valence-electron chi connectivity index (χ1n) is 11.8. The molecule has 0 bridgehead atoms. The lowest BCUT2D eigenvalue weighted by Gasteiger charge is -2.37. The molecule has 0 amide bonds. The minimum absolute atomic E-state index is 0.761. The fourth-order valence-electron chi connectivity index (χ4n) is 4.56. The molecule has 0 saturated carbocycles. The highest BCUT2D eigenvalue weighted by Crippen LogP contribution is 2.25. The van der Waals surface area contributed by atoms with Crippen LogP contribution in [0.25, 0.3) is 0 Å². The number of rotatable bonds is 5. The van der Waals surface area contributed by atoms with Gasteiger partial charge in [0.15, 0.2) is 0 Å². The van der Waals surface area contributed by atoms with Crippen molar-refractivity contribution in [3.63, 3.8) is 0 Å². The molecule has 3 aliphatic heterocycles. The zero-order valence-electron chi connectivity index (χ0n) is 19.1. The number of likely N-dealkylation sites (N-methyl/N-ethyl adjacent to an activating group) is 1. The number of aromatic nitrogens is 3. The van der Waals surface area contributed by atoms with Gasteiger partial charge in [-0.15, -0.1) is 0 Å². The Bertz CT molecular complexity index is 860. The zero-order valence-corrected chi connectivity index (χ0v) is 19.1. The number of anilines is 3. The summed E-state index contributed by atoms with van der Waals surface area (Å²) in [7, 11) is 2.19. The lowest BCUT2D eigenvalue weighted by Crippen LogP contribution is -2.47. The number of hydrogen-bond donors (Lipinski definition) is 0. The summed E-state index contributed by atoms with van der Waals surface area (Å²) in [4.78, 5) is 26.2. The third kappa shape index (κ3) is 5.11. The standard InChI is InChI=1S/C23H34N8O/c1-27-6-10-29(11-7-27)21-18-22(30-14-16-32-17-15-30)26-23(25-21)31-12-8-28(9-13-31)19-20-2-4-24-5-3-20/h2-5,18H,6-17,19H2,1H3. The molecule has 32 heavy (non-hydrogen) atoms. The molecule has 0 aliphatic carbocycles. The molecule has 0 aromatic carbocycles. The monoisotopic (exact) mass is 438 g/mol. The maximum Gasteiger partial charge on any atom is 0.229 e. The first-order chi connectivity index (χ1) is 15.7. The van der Waals surface area contributed by atoms with E-state index >= 15 is 0 Å². The van der Waals surface area contributed by atoms with E-state index in [0.29, 0.717) is 0 Å². The van der Waals surface area contributed by atoms with Gasteiger partial charge in [0, 0.05) is 90.5 Å². The Morgan fingerprint density at radius 3 is 2.00 bits per heavy atom. The smallest absolute Gasteiger partial charge is 0.229 e. The van der Waals surface area contributed by atoms with E-state index in [1.54, 1.807) is 0 Å². The summed E-state index contributed by atoms with van der Waals surface area (Å²) >= 11 is 0. The summed E-state index contributed by atoms with van der Waals surface area (Å²) in [5.41, 5.74) is 1.32. The number of nitrogens with zero attached hydrogens (tertiary/aromatic N) is 8. The van der Waals surface area contributed by atoms with Crippen LogP contribution in [-0.2, 0) is 11.3 Å². The van der Waals surface area contributed by atoms with Crippen molar-refractivity contribution in [1.82, 2.24) is 24.8 Å². The SMILES string of the molecule is CN1CCN(c2cc(N3CCOCC3)nc(N3CCN(Cc4ccncc4)CC3)n2)CC1. The Morgan fingerprint density at radius 1 is 0.750 bits per heavy atom. The molecule has 9 nitrogen and oxygen atoms in total. The third-order valence-electron chi connectivity index (χ3n) is 6.66. The molecule has 0 radical (unpaired) electrons. The van der Waals surface area contributed by atoms with Gasteiger partial charge in [0.05, 0.1) is 13.2 Å². The summed E-state index contributed by atoms with van der Waals surface area (Å²) in [6.07, 6.45) is 3.74. The van der Waals surface area contributed by atoms with Gasteiger partial charge in [-0.2, -0.15) is 9.97 Å². The molecule has 0 N–H and O–H groups in total. The fourth-order valence-corrected chi connectivity index (χ4v) is 4.56. The number of hydrogen-bond acceptors (Lipinski definition) is 9. The molecular weight excluding hydrogens is 404 g/mol. The molecule has 3 saturated heterocycles. The van der Waals surface area contributed by atoms with Gasteiger partial charge in [0.1, 0.15) is 11.6 Å². The molecule has 0 spiro atoms. The van der Waals surface area contributed by atoms with E-state index < -0.39 is 0 Å². The summed E-state index contributed by atoms with van der Waals surface area (Å²) in [6.45, 7) is 12.3. The normalized spacial score (nSPS) is 21.2. The average molecular weight is 439 g/mol. The van der Waals surface area contributed by atoms with Crippen LogP contribution >= 0.6 is 0 Å². The molecule has 0 atom stereocenters. The highest BCUT2D eigenvalue weighted by atomic mass is 16.5. The van der Waals surface area contributed by atoms with E-state index in [1.165, 1.54) is 5.56 Å². The molecule has 3 fully saturated rings. The zero-order chi connectivity index (χ0) is 21.8. The highest BCUT2D eigenvalue weighted by molar-refractivity contribution is 5.56. The molecule has 3 aliphatic rings. The third-order valence-corrected chi connectivity index (χ3v) is 6.66. The molecule has 2 aromatic rings. The van der Waals surface area contributed by atoms with Crippen LogP contribution in [0.5, 0.6) is 0 Å². The second-order valence-corrected chi connectivity index (χ2v) is 8.89. The Morgan fingerprint density at radius 2 is 1.34 bits per heavy atom. The lowest BCUT2D eigenvalue weighted by molar-refractivity contribution is 0.122. The predicted molar refractivity (Wildman–Crippen MR) is 127 cm³/mol. The molecule has 5 heterocycles. The summed E-state index contributed by atoms with van der Waals surface area (Å²) in [5, 5.41) is 0. The van der Waals surface area contributed by atoms with Gasteiger partial charge >= 0.3 is 0 Å². The van der Waals surface area contributed by atoms with Gasteiger partial charge in [-0.25, -0.2) is 0 Å². The summed E-state index contributed by atoms with van der Waals surface area (Å²) in [5.74, 6) is 2.96. The Balaban J connectivity index is 1.31. The van der Waals surface area contributed by atoms with Crippen molar-refractivity contribution in [3.05, 3.63) is 36.2 Å². The van der Waals surface area contributed by atoms with Gasteiger partial charge < -0.3 is 24.3 Å². The van der Waals surface area contributed by atoms with Gasteiger partial charge in [-0.1, -0.05) is 0 Å². The van der Waals surface area contributed by atoms with Crippen LogP contribution in [0.15, 0.2) is 30.6 Å². The van der Waals surface area contributed by atoms with Crippen LogP contribution < -0.4 is 14.7 Å². The number of piperazine rings is 2. The summed E-state index contributed by atoms with van der Waals surface area (Å²) in [6, 6.07) is 6.38. The van der Waals surface area contributed by atoms with Gasteiger partial charge in [-0.3, -0.25) is 9.88 Å². The highest BCUT2D eigenvalue weighted by Gasteiger charge is 2.24. The number of ether oxygens (including phenoxy) is 1. The van der Waals surface area contributed by atoms with Crippen molar-refractivity contribution in [2.45, 2.75) is 6.54 Å². The predicted octanol–water partition coefficient (Wildman–Crippen LogP) is 0.782. The first-order valence-corrected chi connectivity index (χ1v) is 11.8. The fraction of sp³-hybridized carbons (Fsp3) is 0.609. The Labute approximate surface area is 190 Å². The van der Waals surface area contributed by atoms with Crippen molar-refractivity contribution in [3.8, 4) is 0 Å². The van der Waals surface area contributed by atoms with E-state index in [1.807, 2.05) is 12.4 Å². The largest absolute Gasteiger partial charge is 0.378 e.